The summed E-state index contributed by atoms with van der Waals surface area (Å²) in [5.74, 6) is -4.01. The van der Waals surface area contributed by atoms with Crippen molar-refractivity contribution in [3.63, 3.8) is 0 Å². The van der Waals surface area contributed by atoms with Crippen molar-refractivity contribution >= 4 is 17.8 Å². The number of carboxylic acid groups (broad SMARTS) is 1. The van der Waals surface area contributed by atoms with E-state index < -0.39 is 41.2 Å². The maximum Gasteiger partial charge on any atom is 0.324 e. The number of carboxylic acids is 1. The number of likely N-dealkylation sites (tertiary alicyclic amines) is 1. The van der Waals surface area contributed by atoms with Crippen molar-refractivity contribution in [2.24, 2.45) is 17.8 Å². The zero-order valence-corrected chi connectivity index (χ0v) is 17.3. The molecule has 3 N–H and O–H groups in total. The van der Waals surface area contributed by atoms with Crippen LogP contribution in [0.1, 0.15) is 45.7 Å². The van der Waals surface area contributed by atoms with Crippen molar-refractivity contribution < 1.29 is 29.3 Å². The molecule has 2 saturated heterocycles. The van der Waals surface area contributed by atoms with Crippen molar-refractivity contribution in [2.75, 3.05) is 7.11 Å². The Balaban J connectivity index is 2.21. The first-order chi connectivity index (χ1) is 13.6. The van der Waals surface area contributed by atoms with Crippen molar-refractivity contribution in [1.29, 1.82) is 0 Å². The van der Waals surface area contributed by atoms with Crippen LogP contribution in [-0.2, 0) is 14.4 Å². The summed E-state index contributed by atoms with van der Waals surface area (Å²) >= 11 is 0. The Morgan fingerprint density at radius 3 is 2.41 bits per heavy atom. The second-order valence-corrected chi connectivity index (χ2v) is 8.54. The number of nitrogens with zero attached hydrogens (tertiary/aromatic N) is 1. The predicted octanol–water partition coefficient (Wildman–Crippen LogP) is 1.92. The zero-order chi connectivity index (χ0) is 21.7. The van der Waals surface area contributed by atoms with Gasteiger partial charge in [-0.25, -0.2) is 0 Å². The summed E-state index contributed by atoms with van der Waals surface area (Å²) in [6.07, 6.45) is 0.176. The number of rotatable bonds is 6. The van der Waals surface area contributed by atoms with Gasteiger partial charge < -0.3 is 14.9 Å². The molecule has 1 aromatic carbocycles. The minimum absolute atomic E-state index is 0.0343. The Hall–Kier alpha value is -2.61. The molecule has 158 valence electrons. The second kappa shape index (κ2) is 7.33. The van der Waals surface area contributed by atoms with Gasteiger partial charge in [-0.3, -0.25) is 24.6 Å². The average molecular weight is 404 g/mol. The van der Waals surface area contributed by atoms with E-state index in [1.165, 1.54) is 12.0 Å². The number of phenolic OH excluding ortho intramolecular Hbond substituents is 1. The number of ether oxygens (including phenoxy) is 1. The Morgan fingerprint density at radius 1 is 1.24 bits per heavy atom. The molecule has 0 saturated carbocycles. The Bertz CT molecular complexity index is 852. The SMILES string of the molecule is COc1cccc(C2NC(CC(C)C)(C(=O)O)C3C(=O)N(C(C)C)C(=O)C23)c1O. The molecule has 8 heteroatoms. The van der Waals surface area contributed by atoms with Crippen molar-refractivity contribution in [3.05, 3.63) is 23.8 Å². The van der Waals surface area contributed by atoms with Gasteiger partial charge in [0.25, 0.3) is 0 Å². The lowest BCUT2D eigenvalue weighted by Gasteiger charge is -2.33. The number of hydrogen-bond acceptors (Lipinski definition) is 6. The van der Waals surface area contributed by atoms with Crippen molar-refractivity contribution in [3.8, 4) is 11.5 Å². The molecule has 8 nitrogen and oxygen atoms in total. The van der Waals surface area contributed by atoms with Gasteiger partial charge in [-0.15, -0.1) is 0 Å². The van der Waals surface area contributed by atoms with Crippen LogP contribution in [0.2, 0.25) is 0 Å². The quantitative estimate of drug-likeness (QED) is 0.620. The van der Waals surface area contributed by atoms with E-state index in [1.807, 2.05) is 13.8 Å². The lowest BCUT2D eigenvalue weighted by molar-refractivity contribution is -0.152. The molecule has 0 aliphatic carbocycles. The van der Waals surface area contributed by atoms with Gasteiger partial charge in [0.15, 0.2) is 11.5 Å². The number of imide groups is 1. The lowest BCUT2D eigenvalue weighted by Crippen LogP contribution is -2.56. The molecule has 3 rings (SSSR count). The number of benzene rings is 1. The van der Waals surface area contributed by atoms with Crippen LogP contribution in [0.15, 0.2) is 18.2 Å². The molecule has 29 heavy (non-hydrogen) atoms. The van der Waals surface area contributed by atoms with Crippen LogP contribution in [0.5, 0.6) is 11.5 Å². The molecule has 2 amide bonds. The number of aromatic hydroxyl groups is 1. The molecule has 2 heterocycles. The maximum atomic E-state index is 13.2. The second-order valence-electron chi connectivity index (χ2n) is 8.54. The fourth-order valence-electron chi connectivity index (χ4n) is 4.87. The Morgan fingerprint density at radius 2 is 1.90 bits per heavy atom. The van der Waals surface area contributed by atoms with Crippen LogP contribution in [-0.4, -0.2) is 51.6 Å². The van der Waals surface area contributed by atoms with Gasteiger partial charge in [0.1, 0.15) is 5.54 Å². The third-order valence-electron chi connectivity index (χ3n) is 5.90. The molecular formula is C21H28N2O6. The maximum absolute atomic E-state index is 13.2. The monoisotopic (exact) mass is 404 g/mol. The van der Waals surface area contributed by atoms with E-state index in [-0.39, 0.29) is 29.9 Å². The highest BCUT2D eigenvalue weighted by Crippen LogP contribution is 2.53. The third kappa shape index (κ3) is 3.06. The number of phenols is 1. The number of methoxy groups -OCH3 is 1. The molecule has 4 unspecified atom stereocenters. The first-order valence-corrected chi connectivity index (χ1v) is 9.80. The van der Waals surface area contributed by atoms with Gasteiger partial charge in [0.2, 0.25) is 11.8 Å². The molecule has 2 fully saturated rings. The Labute approximate surface area is 169 Å². The molecule has 4 atom stereocenters. The number of para-hydroxylation sites is 1. The van der Waals surface area contributed by atoms with E-state index in [0.29, 0.717) is 5.56 Å². The third-order valence-corrected chi connectivity index (χ3v) is 5.90. The summed E-state index contributed by atoms with van der Waals surface area (Å²) in [6.45, 7) is 7.21. The topological polar surface area (TPSA) is 116 Å². The molecule has 0 bridgehead atoms. The average Bonchev–Trinajstić information content (AvgIpc) is 3.09. The lowest BCUT2D eigenvalue weighted by atomic mass is 9.75. The van der Waals surface area contributed by atoms with E-state index in [1.54, 1.807) is 32.0 Å². The molecular weight excluding hydrogens is 376 g/mol. The van der Waals surface area contributed by atoms with E-state index in [2.05, 4.69) is 5.32 Å². The molecule has 0 aromatic heterocycles. The summed E-state index contributed by atoms with van der Waals surface area (Å²) in [5.41, 5.74) is -1.26. The standard InChI is InChI=1S/C21H28N2O6/c1-10(2)9-21(20(27)28)15-14(18(25)23(11(3)4)19(15)26)16(22-21)12-7-6-8-13(29-5)17(12)24/h6-8,10-11,14-16,22,24H,9H2,1-5H3,(H,27,28). The summed E-state index contributed by atoms with van der Waals surface area (Å²) in [7, 11) is 1.41. The van der Waals surface area contributed by atoms with Crippen molar-refractivity contribution in [1.82, 2.24) is 10.2 Å². The van der Waals surface area contributed by atoms with Gasteiger partial charge in [0.05, 0.1) is 18.9 Å². The van der Waals surface area contributed by atoms with Crippen LogP contribution in [0.3, 0.4) is 0 Å². The fourth-order valence-corrected chi connectivity index (χ4v) is 4.87. The normalized spacial score (nSPS) is 29.1. The number of fused-ring (bicyclic) bond motifs is 1. The van der Waals surface area contributed by atoms with E-state index in [9.17, 15) is 24.6 Å². The van der Waals surface area contributed by atoms with Gasteiger partial charge >= 0.3 is 5.97 Å². The number of carbonyl (C=O) groups excluding carboxylic acids is 2. The van der Waals surface area contributed by atoms with E-state index in [0.717, 1.165) is 0 Å². The molecule has 2 aliphatic rings. The van der Waals surface area contributed by atoms with Gasteiger partial charge in [-0.1, -0.05) is 26.0 Å². The summed E-state index contributed by atoms with van der Waals surface area (Å²) in [6, 6.07) is 3.65. The minimum atomic E-state index is -1.60. The van der Waals surface area contributed by atoms with Crippen LogP contribution in [0.25, 0.3) is 0 Å². The number of amides is 2. The number of aliphatic carboxylic acids is 1. The van der Waals surface area contributed by atoms with Crippen LogP contribution < -0.4 is 10.1 Å². The summed E-state index contributed by atoms with van der Waals surface area (Å²) < 4.78 is 5.17. The highest BCUT2D eigenvalue weighted by atomic mass is 16.5. The first-order valence-electron chi connectivity index (χ1n) is 9.80. The van der Waals surface area contributed by atoms with Crippen LogP contribution in [0, 0.1) is 17.8 Å². The van der Waals surface area contributed by atoms with Crippen LogP contribution in [0.4, 0.5) is 0 Å². The first kappa shape index (κ1) is 21.1. The molecule has 0 radical (unpaired) electrons. The van der Waals surface area contributed by atoms with E-state index in [4.69, 9.17) is 4.74 Å². The summed E-state index contributed by atoms with van der Waals surface area (Å²) in [4.78, 5) is 40.1. The number of nitrogens with one attached hydrogen (secondary N) is 1. The predicted molar refractivity (Wildman–Crippen MR) is 104 cm³/mol. The van der Waals surface area contributed by atoms with Gasteiger partial charge in [0, 0.05) is 17.6 Å². The smallest absolute Gasteiger partial charge is 0.324 e. The van der Waals surface area contributed by atoms with E-state index >= 15 is 0 Å². The zero-order valence-electron chi connectivity index (χ0n) is 17.3. The highest BCUT2D eigenvalue weighted by molar-refractivity contribution is 6.09. The van der Waals surface area contributed by atoms with Crippen molar-refractivity contribution in [2.45, 2.75) is 51.7 Å². The minimum Gasteiger partial charge on any atom is -0.504 e. The highest BCUT2D eigenvalue weighted by Gasteiger charge is 2.68. The van der Waals surface area contributed by atoms with Gasteiger partial charge in [-0.05, 0) is 32.3 Å². The molecule has 0 spiro atoms. The van der Waals surface area contributed by atoms with Gasteiger partial charge in [-0.2, -0.15) is 0 Å². The largest absolute Gasteiger partial charge is 0.504 e. The fraction of sp³-hybridized carbons (Fsp3) is 0.571. The molecule has 1 aromatic rings. The number of hydrogen-bond donors (Lipinski definition) is 3. The Kier molecular flexibility index (Phi) is 5.34. The van der Waals surface area contributed by atoms with Crippen LogP contribution >= 0.6 is 0 Å². The number of carbonyl (C=O) groups is 3. The summed E-state index contributed by atoms with van der Waals surface area (Å²) in [5, 5.41) is 23.9. The molecule has 2 aliphatic heterocycles.